The van der Waals surface area contributed by atoms with Crippen molar-refractivity contribution in [3.63, 3.8) is 0 Å². The van der Waals surface area contributed by atoms with Gasteiger partial charge in [0.2, 0.25) is 5.91 Å². The zero-order valence-corrected chi connectivity index (χ0v) is 16.8. The van der Waals surface area contributed by atoms with E-state index in [0.29, 0.717) is 5.69 Å². The summed E-state index contributed by atoms with van der Waals surface area (Å²) in [5.74, 6) is -1.92. The SMILES string of the molecule is COc1ccc(NC(=O)Cc2csc(NC(=O)c3ccccc3F)n2)cc1OC(F)F. The van der Waals surface area contributed by atoms with Crippen LogP contribution in [-0.2, 0) is 11.2 Å². The number of nitrogens with one attached hydrogen (secondary N) is 2. The first kappa shape index (κ1) is 22.1. The van der Waals surface area contributed by atoms with Crippen molar-refractivity contribution in [2.75, 3.05) is 17.7 Å². The zero-order chi connectivity index (χ0) is 22.4. The molecule has 0 saturated carbocycles. The number of methoxy groups -OCH3 is 1. The molecule has 0 aliphatic heterocycles. The number of halogens is 3. The second-order valence-corrected chi connectivity index (χ2v) is 6.91. The van der Waals surface area contributed by atoms with E-state index in [1.54, 1.807) is 5.38 Å². The average Bonchev–Trinajstić information content (AvgIpc) is 3.14. The number of ether oxygens (including phenoxy) is 2. The van der Waals surface area contributed by atoms with Gasteiger partial charge in [-0.15, -0.1) is 11.3 Å². The Morgan fingerprint density at radius 3 is 2.61 bits per heavy atom. The van der Waals surface area contributed by atoms with Crippen molar-refractivity contribution in [1.82, 2.24) is 4.98 Å². The molecule has 0 atom stereocenters. The molecule has 1 aromatic heterocycles. The molecule has 11 heteroatoms. The largest absolute Gasteiger partial charge is 0.493 e. The number of carbonyl (C=O) groups is 2. The van der Waals surface area contributed by atoms with Gasteiger partial charge in [0.15, 0.2) is 16.6 Å². The van der Waals surface area contributed by atoms with Crippen molar-refractivity contribution >= 4 is 34.0 Å². The number of amides is 2. The van der Waals surface area contributed by atoms with Crippen LogP contribution in [0, 0.1) is 5.82 Å². The standard InChI is InChI=1S/C20H16F3N3O4S/c1-29-15-7-6-11(8-16(15)30-19(22)23)24-17(27)9-12-10-31-20(25-12)26-18(28)13-4-2-3-5-14(13)21/h2-8,10,19H,9H2,1H3,(H,24,27)(H,25,26,28). The normalized spacial score (nSPS) is 10.6. The van der Waals surface area contributed by atoms with E-state index in [-0.39, 0.29) is 34.3 Å². The van der Waals surface area contributed by atoms with Crippen LogP contribution in [0.4, 0.5) is 24.0 Å². The van der Waals surface area contributed by atoms with E-state index in [2.05, 4.69) is 20.4 Å². The van der Waals surface area contributed by atoms with Crippen LogP contribution in [0.25, 0.3) is 0 Å². The van der Waals surface area contributed by atoms with E-state index in [4.69, 9.17) is 4.74 Å². The van der Waals surface area contributed by atoms with Crippen molar-refractivity contribution in [2.45, 2.75) is 13.0 Å². The van der Waals surface area contributed by atoms with Gasteiger partial charge >= 0.3 is 6.61 Å². The quantitative estimate of drug-likeness (QED) is 0.532. The van der Waals surface area contributed by atoms with E-state index in [0.717, 1.165) is 11.3 Å². The second kappa shape index (κ2) is 9.94. The summed E-state index contributed by atoms with van der Waals surface area (Å²) in [7, 11) is 1.30. The Kier molecular flexibility index (Phi) is 7.08. The Hall–Kier alpha value is -3.60. The van der Waals surface area contributed by atoms with Crippen LogP contribution < -0.4 is 20.1 Å². The molecule has 1 heterocycles. The topological polar surface area (TPSA) is 89.6 Å². The molecule has 0 bridgehead atoms. The smallest absolute Gasteiger partial charge is 0.387 e. The number of carbonyl (C=O) groups excluding carboxylic acids is 2. The molecule has 3 aromatic rings. The Morgan fingerprint density at radius 2 is 1.90 bits per heavy atom. The summed E-state index contributed by atoms with van der Waals surface area (Å²) >= 11 is 1.08. The highest BCUT2D eigenvalue weighted by Crippen LogP contribution is 2.31. The minimum atomic E-state index is -3.05. The molecular formula is C20H16F3N3O4S. The summed E-state index contributed by atoms with van der Waals surface area (Å²) < 4.78 is 48.0. The maximum Gasteiger partial charge on any atom is 0.387 e. The molecule has 2 N–H and O–H groups in total. The van der Waals surface area contributed by atoms with E-state index < -0.39 is 24.2 Å². The van der Waals surface area contributed by atoms with Gasteiger partial charge in [-0.3, -0.25) is 14.9 Å². The third-order valence-electron chi connectivity index (χ3n) is 3.90. The molecule has 0 fully saturated rings. The van der Waals surface area contributed by atoms with Gasteiger partial charge in [-0.05, 0) is 24.3 Å². The molecule has 0 aliphatic carbocycles. The fourth-order valence-corrected chi connectivity index (χ4v) is 3.27. The first-order valence-electron chi connectivity index (χ1n) is 8.78. The number of hydrogen-bond donors (Lipinski definition) is 2. The van der Waals surface area contributed by atoms with Gasteiger partial charge in [0.1, 0.15) is 5.82 Å². The van der Waals surface area contributed by atoms with Crippen molar-refractivity contribution in [3.8, 4) is 11.5 Å². The summed E-state index contributed by atoms with van der Waals surface area (Å²) in [5, 5.41) is 6.79. The van der Waals surface area contributed by atoms with E-state index in [1.165, 1.54) is 49.6 Å². The Bertz CT molecular complexity index is 1090. The van der Waals surface area contributed by atoms with Crippen molar-refractivity contribution in [2.24, 2.45) is 0 Å². The van der Waals surface area contributed by atoms with E-state index >= 15 is 0 Å². The molecule has 3 rings (SSSR count). The van der Waals surface area contributed by atoms with E-state index in [9.17, 15) is 22.8 Å². The molecule has 0 aliphatic rings. The van der Waals surface area contributed by atoms with Crippen LogP contribution in [-0.4, -0.2) is 30.5 Å². The predicted molar refractivity (Wildman–Crippen MR) is 108 cm³/mol. The van der Waals surface area contributed by atoms with Gasteiger partial charge in [0.25, 0.3) is 5.91 Å². The highest BCUT2D eigenvalue weighted by molar-refractivity contribution is 7.14. The number of benzene rings is 2. The molecule has 0 saturated heterocycles. The van der Waals surface area contributed by atoms with Gasteiger partial charge in [-0.25, -0.2) is 9.37 Å². The number of thiazole rings is 1. The number of aromatic nitrogens is 1. The number of anilines is 2. The van der Waals surface area contributed by atoms with Crippen molar-refractivity contribution in [3.05, 3.63) is 64.9 Å². The summed E-state index contributed by atoms with van der Waals surface area (Å²) in [5.41, 5.74) is 0.465. The molecule has 2 aromatic carbocycles. The highest BCUT2D eigenvalue weighted by atomic mass is 32.1. The van der Waals surface area contributed by atoms with Crippen LogP contribution in [0.15, 0.2) is 47.8 Å². The summed E-state index contributed by atoms with van der Waals surface area (Å²) in [6.07, 6.45) is -0.136. The fourth-order valence-electron chi connectivity index (χ4n) is 2.57. The molecule has 162 valence electrons. The first-order chi connectivity index (χ1) is 14.9. The monoisotopic (exact) mass is 451 g/mol. The summed E-state index contributed by atoms with van der Waals surface area (Å²) in [6.45, 7) is -3.05. The highest BCUT2D eigenvalue weighted by Gasteiger charge is 2.15. The lowest BCUT2D eigenvalue weighted by molar-refractivity contribution is -0.115. The van der Waals surface area contributed by atoms with Crippen molar-refractivity contribution in [1.29, 1.82) is 0 Å². The number of alkyl halides is 2. The van der Waals surface area contributed by atoms with Crippen LogP contribution in [0.2, 0.25) is 0 Å². The van der Waals surface area contributed by atoms with Gasteiger partial charge < -0.3 is 14.8 Å². The van der Waals surface area contributed by atoms with Gasteiger partial charge in [0.05, 0.1) is 24.8 Å². The molecule has 7 nitrogen and oxygen atoms in total. The number of hydrogen-bond acceptors (Lipinski definition) is 6. The average molecular weight is 451 g/mol. The Morgan fingerprint density at radius 1 is 1.13 bits per heavy atom. The lowest BCUT2D eigenvalue weighted by atomic mass is 10.2. The molecule has 2 amide bonds. The lowest BCUT2D eigenvalue weighted by Crippen LogP contribution is -2.16. The zero-order valence-electron chi connectivity index (χ0n) is 16.0. The van der Waals surface area contributed by atoms with Crippen LogP contribution in [0.5, 0.6) is 11.5 Å². The summed E-state index contributed by atoms with van der Waals surface area (Å²) in [4.78, 5) is 28.5. The summed E-state index contributed by atoms with van der Waals surface area (Å²) in [6, 6.07) is 9.58. The van der Waals surface area contributed by atoms with Crippen molar-refractivity contribution < 1.29 is 32.2 Å². The molecular weight excluding hydrogens is 435 g/mol. The number of nitrogens with zero attached hydrogens (tertiary/aromatic N) is 1. The van der Waals surface area contributed by atoms with Gasteiger partial charge in [-0.1, -0.05) is 12.1 Å². The predicted octanol–water partition coefficient (Wildman–Crippen LogP) is 4.33. The van der Waals surface area contributed by atoms with E-state index in [1.807, 2.05) is 0 Å². The fraction of sp³-hybridized carbons (Fsp3) is 0.150. The first-order valence-corrected chi connectivity index (χ1v) is 9.66. The molecule has 0 radical (unpaired) electrons. The van der Waals surface area contributed by atoms with Crippen LogP contribution in [0.3, 0.4) is 0 Å². The third-order valence-corrected chi connectivity index (χ3v) is 4.70. The third kappa shape index (κ3) is 5.95. The minimum Gasteiger partial charge on any atom is -0.493 e. The minimum absolute atomic E-state index is 0.0908. The lowest BCUT2D eigenvalue weighted by Gasteiger charge is -2.12. The second-order valence-electron chi connectivity index (χ2n) is 6.05. The van der Waals surface area contributed by atoms with Gasteiger partial charge in [-0.2, -0.15) is 8.78 Å². The molecule has 0 unspecified atom stereocenters. The number of rotatable bonds is 8. The Labute approximate surface area is 178 Å². The van der Waals surface area contributed by atoms with Crippen LogP contribution >= 0.6 is 11.3 Å². The molecule has 31 heavy (non-hydrogen) atoms. The maximum atomic E-state index is 13.7. The molecule has 0 spiro atoms. The Balaban J connectivity index is 1.61. The maximum absolute atomic E-state index is 13.7. The van der Waals surface area contributed by atoms with Gasteiger partial charge in [0, 0.05) is 17.1 Å². The van der Waals surface area contributed by atoms with Crippen LogP contribution in [0.1, 0.15) is 16.1 Å².